The maximum absolute atomic E-state index is 3.56. The maximum atomic E-state index is 3.56. The zero-order chi connectivity index (χ0) is 12.5. The third-order valence-electron chi connectivity index (χ3n) is 3.92. The summed E-state index contributed by atoms with van der Waals surface area (Å²) in [6.07, 6.45) is 6.77. The molecule has 1 atom stereocenters. The van der Waals surface area contributed by atoms with Gasteiger partial charge in [-0.15, -0.1) is 0 Å². The van der Waals surface area contributed by atoms with Gasteiger partial charge in [-0.05, 0) is 63.7 Å². The van der Waals surface area contributed by atoms with Crippen LogP contribution in [-0.2, 0) is 0 Å². The first-order chi connectivity index (χ1) is 8.26. The number of nitrogens with one attached hydrogen (secondary N) is 1. The van der Waals surface area contributed by atoms with Crippen LogP contribution in [0.25, 0.3) is 0 Å². The van der Waals surface area contributed by atoms with E-state index >= 15 is 0 Å². The Hall–Kier alpha value is -0.0800. The van der Waals surface area contributed by atoms with Gasteiger partial charge in [0.15, 0.2) is 0 Å². The molecular formula is C15H32N2. The van der Waals surface area contributed by atoms with Gasteiger partial charge in [0.1, 0.15) is 0 Å². The van der Waals surface area contributed by atoms with E-state index in [0.717, 1.165) is 11.8 Å². The lowest BCUT2D eigenvalue weighted by Crippen LogP contribution is -2.39. The Bertz CT molecular complexity index is 174. The number of hydrogen-bond donors (Lipinski definition) is 1. The zero-order valence-corrected chi connectivity index (χ0v) is 12.2. The molecule has 1 saturated heterocycles. The molecule has 0 radical (unpaired) electrons. The topological polar surface area (TPSA) is 15.3 Å². The van der Waals surface area contributed by atoms with Crippen molar-refractivity contribution in [2.45, 2.75) is 52.9 Å². The third kappa shape index (κ3) is 6.42. The summed E-state index contributed by atoms with van der Waals surface area (Å²) in [6.45, 7) is 13.3. The molecule has 0 amide bonds. The molecule has 0 aliphatic carbocycles. The van der Waals surface area contributed by atoms with E-state index in [2.05, 4.69) is 31.0 Å². The van der Waals surface area contributed by atoms with Gasteiger partial charge in [-0.25, -0.2) is 0 Å². The Kier molecular flexibility index (Phi) is 7.87. The fraction of sp³-hybridized carbons (Fsp3) is 1.00. The van der Waals surface area contributed by atoms with Crippen LogP contribution in [0.5, 0.6) is 0 Å². The van der Waals surface area contributed by atoms with Crippen LogP contribution < -0.4 is 5.32 Å². The Morgan fingerprint density at radius 1 is 1.18 bits per heavy atom. The summed E-state index contributed by atoms with van der Waals surface area (Å²) in [5, 5.41) is 3.56. The van der Waals surface area contributed by atoms with E-state index < -0.39 is 0 Å². The van der Waals surface area contributed by atoms with Crippen LogP contribution in [0.3, 0.4) is 0 Å². The number of piperidine rings is 1. The van der Waals surface area contributed by atoms with Gasteiger partial charge in [0.25, 0.3) is 0 Å². The largest absolute Gasteiger partial charge is 0.316 e. The average Bonchev–Trinajstić information content (AvgIpc) is 2.32. The Labute approximate surface area is 108 Å². The van der Waals surface area contributed by atoms with Crippen LogP contribution in [-0.4, -0.2) is 37.6 Å². The summed E-state index contributed by atoms with van der Waals surface area (Å²) in [5.41, 5.74) is 0. The monoisotopic (exact) mass is 240 g/mol. The van der Waals surface area contributed by atoms with Gasteiger partial charge >= 0.3 is 0 Å². The number of nitrogens with zero attached hydrogens (tertiary/aromatic N) is 1. The normalized spacial score (nSPS) is 20.6. The van der Waals surface area contributed by atoms with Crippen molar-refractivity contribution in [3.05, 3.63) is 0 Å². The van der Waals surface area contributed by atoms with Crippen LogP contribution in [0.4, 0.5) is 0 Å². The molecule has 0 saturated carbocycles. The first-order valence-corrected chi connectivity index (χ1v) is 7.69. The van der Waals surface area contributed by atoms with E-state index in [1.807, 2.05) is 0 Å². The van der Waals surface area contributed by atoms with E-state index in [1.165, 1.54) is 64.8 Å². The SMILES string of the molecule is CCCNCC1CCN(CC(C)CCC)CC1. The molecule has 1 fully saturated rings. The molecule has 0 spiro atoms. The molecule has 1 unspecified atom stereocenters. The lowest BCUT2D eigenvalue weighted by Gasteiger charge is -2.33. The summed E-state index contributed by atoms with van der Waals surface area (Å²) in [6, 6.07) is 0. The van der Waals surface area contributed by atoms with Crippen LogP contribution in [0.1, 0.15) is 52.9 Å². The molecule has 2 heteroatoms. The summed E-state index contributed by atoms with van der Waals surface area (Å²) in [4.78, 5) is 2.68. The summed E-state index contributed by atoms with van der Waals surface area (Å²) < 4.78 is 0. The van der Waals surface area contributed by atoms with Crippen molar-refractivity contribution in [1.29, 1.82) is 0 Å². The molecule has 1 rings (SSSR count). The van der Waals surface area contributed by atoms with E-state index in [9.17, 15) is 0 Å². The van der Waals surface area contributed by atoms with Gasteiger partial charge in [-0.3, -0.25) is 0 Å². The first-order valence-electron chi connectivity index (χ1n) is 7.69. The van der Waals surface area contributed by atoms with E-state index in [1.54, 1.807) is 0 Å². The molecule has 1 N–H and O–H groups in total. The van der Waals surface area contributed by atoms with Crippen molar-refractivity contribution in [2.24, 2.45) is 11.8 Å². The highest BCUT2D eigenvalue weighted by molar-refractivity contribution is 4.75. The molecule has 2 nitrogen and oxygen atoms in total. The lowest BCUT2D eigenvalue weighted by atomic mass is 9.95. The fourth-order valence-electron chi connectivity index (χ4n) is 2.88. The maximum Gasteiger partial charge on any atom is 0.000702 e. The second-order valence-electron chi connectivity index (χ2n) is 5.84. The van der Waals surface area contributed by atoms with E-state index in [0.29, 0.717) is 0 Å². The Morgan fingerprint density at radius 2 is 1.88 bits per heavy atom. The predicted molar refractivity (Wildman–Crippen MR) is 76.4 cm³/mol. The minimum atomic E-state index is 0.884. The van der Waals surface area contributed by atoms with Crippen LogP contribution in [0.15, 0.2) is 0 Å². The van der Waals surface area contributed by atoms with Crippen molar-refractivity contribution >= 4 is 0 Å². The highest BCUT2D eigenvalue weighted by atomic mass is 15.1. The minimum absolute atomic E-state index is 0.884. The number of rotatable bonds is 8. The van der Waals surface area contributed by atoms with Crippen molar-refractivity contribution in [2.75, 3.05) is 32.7 Å². The number of hydrogen-bond acceptors (Lipinski definition) is 2. The summed E-state index contributed by atoms with van der Waals surface area (Å²) in [7, 11) is 0. The van der Waals surface area contributed by atoms with Crippen molar-refractivity contribution in [3.63, 3.8) is 0 Å². The predicted octanol–water partition coefficient (Wildman–Crippen LogP) is 3.13. The summed E-state index contributed by atoms with van der Waals surface area (Å²) >= 11 is 0. The average molecular weight is 240 g/mol. The van der Waals surface area contributed by atoms with Gasteiger partial charge < -0.3 is 10.2 Å². The zero-order valence-electron chi connectivity index (χ0n) is 12.2. The molecule has 0 aromatic rings. The van der Waals surface area contributed by atoms with Gasteiger partial charge in [0, 0.05) is 6.54 Å². The molecule has 1 aliphatic rings. The smallest absolute Gasteiger partial charge is 0.000702 e. The molecule has 0 aromatic carbocycles. The van der Waals surface area contributed by atoms with Crippen molar-refractivity contribution in [3.8, 4) is 0 Å². The number of likely N-dealkylation sites (tertiary alicyclic amines) is 1. The molecular weight excluding hydrogens is 208 g/mol. The lowest BCUT2D eigenvalue weighted by molar-refractivity contribution is 0.160. The van der Waals surface area contributed by atoms with Crippen molar-refractivity contribution in [1.82, 2.24) is 10.2 Å². The van der Waals surface area contributed by atoms with Gasteiger partial charge in [0.2, 0.25) is 0 Å². The Balaban J connectivity index is 2.08. The van der Waals surface area contributed by atoms with Crippen LogP contribution in [0.2, 0.25) is 0 Å². The molecule has 1 aliphatic heterocycles. The molecule has 0 bridgehead atoms. The molecule has 0 aromatic heterocycles. The molecule has 17 heavy (non-hydrogen) atoms. The highest BCUT2D eigenvalue weighted by Crippen LogP contribution is 2.18. The first kappa shape index (κ1) is 15.0. The third-order valence-corrected chi connectivity index (χ3v) is 3.92. The second kappa shape index (κ2) is 8.93. The van der Waals surface area contributed by atoms with Gasteiger partial charge in [-0.1, -0.05) is 27.2 Å². The van der Waals surface area contributed by atoms with Crippen molar-refractivity contribution < 1.29 is 0 Å². The van der Waals surface area contributed by atoms with Crippen LogP contribution in [0, 0.1) is 11.8 Å². The fourth-order valence-corrected chi connectivity index (χ4v) is 2.88. The minimum Gasteiger partial charge on any atom is -0.316 e. The van der Waals surface area contributed by atoms with E-state index in [-0.39, 0.29) is 0 Å². The molecule has 1 heterocycles. The van der Waals surface area contributed by atoms with Crippen LogP contribution >= 0.6 is 0 Å². The molecule has 102 valence electrons. The Morgan fingerprint density at radius 3 is 2.47 bits per heavy atom. The van der Waals surface area contributed by atoms with Gasteiger partial charge in [0.05, 0.1) is 0 Å². The van der Waals surface area contributed by atoms with Gasteiger partial charge in [-0.2, -0.15) is 0 Å². The second-order valence-corrected chi connectivity index (χ2v) is 5.84. The standard InChI is InChI=1S/C15H32N2/c1-4-6-14(3)13-17-10-7-15(8-11-17)12-16-9-5-2/h14-16H,4-13H2,1-3H3. The highest BCUT2D eigenvalue weighted by Gasteiger charge is 2.19. The summed E-state index contributed by atoms with van der Waals surface area (Å²) in [5.74, 6) is 1.81. The quantitative estimate of drug-likeness (QED) is 0.656. The van der Waals surface area contributed by atoms with E-state index in [4.69, 9.17) is 0 Å².